The summed E-state index contributed by atoms with van der Waals surface area (Å²) < 4.78 is 0. The normalized spacial score (nSPS) is 11.7. The highest BCUT2D eigenvalue weighted by Crippen LogP contribution is 2.63. The predicted molar refractivity (Wildman–Crippen MR) is 152 cm³/mol. The Hall–Kier alpha value is -2.16. The summed E-state index contributed by atoms with van der Waals surface area (Å²) in [7, 11) is -1.99. The van der Waals surface area contributed by atoms with Crippen molar-refractivity contribution in [3.8, 4) is 0 Å². The van der Waals surface area contributed by atoms with Crippen molar-refractivity contribution >= 4 is 42.1 Å². The Balaban J connectivity index is 0.00000281. The van der Waals surface area contributed by atoms with Gasteiger partial charge in [-0.1, -0.05) is 50.2 Å². The fourth-order valence-electron chi connectivity index (χ4n) is 4.30. The van der Waals surface area contributed by atoms with Gasteiger partial charge < -0.3 is 10.6 Å². The average molecular weight is 504 g/mol. The number of hydrogen-bond acceptors (Lipinski definition) is 2. The van der Waals surface area contributed by atoms with Gasteiger partial charge in [-0.25, -0.2) is 0 Å². The molecule has 0 fully saturated rings. The third kappa shape index (κ3) is 7.17. The average Bonchev–Trinajstić information content (AvgIpc) is 2.79. The number of aryl methyl sites for hydroxylation is 4. The van der Waals surface area contributed by atoms with Crippen molar-refractivity contribution in [3.63, 3.8) is 0 Å². The summed E-state index contributed by atoms with van der Waals surface area (Å²) in [5, 5.41) is 6.85. The van der Waals surface area contributed by atoms with Crippen molar-refractivity contribution in [3.05, 3.63) is 70.3 Å². The molecule has 0 bridgehead atoms. The van der Waals surface area contributed by atoms with Crippen LogP contribution >= 0.6 is 18.9 Å². The van der Waals surface area contributed by atoms with Gasteiger partial charge in [-0.05, 0) is 82.0 Å². The lowest BCUT2D eigenvalue weighted by atomic mass is 10.1. The molecule has 2 rings (SSSR count). The van der Waals surface area contributed by atoms with Crippen molar-refractivity contribution in [1.82, 2.24) is 0 Å². The van der Waals surface area contributed by atoms with Crippen LogP contribution in [0.1, 0.15) is 49.9 Å². The minimum Gasteiger partial charge on any atom is -0.322 e. The first-order valence-corrected chi connectivity index (χ1v) is 14.8. The quantitative estimate of drug-likeness (QED) is 0.271. The van der Waals surface area contributed by atoms with E-state index in [2.05, 4.69) is 31.1 Å². The molecule has 2 amide bonds. The van der Waals surface area contributed by atoms with Crippen LogP contribution in [-0.4, -0.2) is 36.0 Å². The Morgan fingerprint density at radius 1 is 0.941 bits per heavy atom. The smallest absolute Gasteiger partial charge is 0.269 e. The summed E-state index contributed by atoms with van der Waals surface area (Å²) in [5.74, 6) is -0.150. The van der Waals surface area contributed by atoms with E-state index in [-0.39, 0.29) is 11.8 Å². The van der Waals surface area contributed by atoms with E-state index in [1.807, 2.05) is 71.9 Å². The van der Waals surface area contributed by atoms with E-state index >= 15 is 0 Å². The zero-order valence-electron chi connectivity index (χ0n) is 22.0. The number of rotatable bonds is 9. The van der Waals surface area contributed by atoms with Crippen LogP contribution in [0.3, 0.4) is 0 Å². The number of carbonyl (C=O) groups excluding carboxylic acids is 2. The van der Waals surface area contributed by atoms with E-state index in [9.17, 15) is 9.59 Å². The molecule has 2 N–H and O–H groups in total. The Bertz CT molecular complexity index is 972. The number of hydrogen-bond donors (Lipinski definition) is 2. The van der Waals surface area contributed by atoms with Gasteiger partial charge in [0.2, 0.25) is 0 Å². The van der Waals surface area contributed by atoms with Gasteiger partial charge in [0, 0.05) is 23.7 Å². The minimum absolute atomic E-state index is 0.0436. The van der Waals surface area contributed by atoms with Crippen LogP contribution < -0.4 is 10.6 Å². The van der Waals surface area contributed by atoms with Gasteiger partial charge in [-0.3, -0.25) is 9.59 Å². The Kier molecular flexibility index (Phi) is 12.0. The largest absolute Gasteiger partial charge is 0.322 e. The van der Waals surface area contributed by atoms with Crippen LogP contribution in [-0.2, 0) is 9.59 Å². The van der Waals surface area contributed by atoms with Gasteiger partial charge in [0.1, 0.15) is 6.16 Å². The molecule has 0 radical (unpaired) electrons. The number of para-hydroxylation sites is 1. The Morgan fingerprint density at radius 3 is 1.85 bits per heavy atom. The first kappa shape index (κ1) is 29.9. The van der Waals surface area contributed by atoms with Crippen LogP contribution in [0.5, 0.6) is 0 Å². The topological polar surface area (TPSA) is 58.2 Å². The molecule has 0 saturated carbocycles. The highest BCUT2D eigenvalue weighted by Gasteiger charge is 2.47. The molecular weight excluding hydrogens is 463 g/mol. The molecule has 6 heteroatoms. The summed E-state index contributed by atoms with van der Waals surface area (Å²) in [6.45, 7) is 20.0. The maximum absolute atomic E-state index is 13.4. The number of nitrogens with one attached hydrogen (secondary N) is 2. The molecule has 1 atom stereocenters. The first-order valence-electron chi connectivity index (χ1n) is 12.0. The van der Waals surface area contributed by atoms with Gasteiger partial charge in [0.05, 0.1) is 12.3 Å². The second-order valence-electron chi connectivity index (χ2n) is 8.41. The van der Waals surface area contributed by atoms with Crippen LogP contribution in [0.25, 0.3) is 0 Å². The maximum atomic E-state index is 13.4. The monoisotopic (exact) mass is 503 g/mol. The molecule has 0 heterocycles. The molecule has 4 nitrogen and oxygen atoms in total. The van der Waals surface area contributed by atoms with Crippen LogP contribution in [0.4, 0.5) is 11.4 Å². The van der Waals surface area contributed by atoms with Gasteiger partial charge >= 0.3 is 0 Å². The molecule has 186 valence electrons. The van der Waals surface area contributed by atoms with E-state index in [0.29, 0.717) is 11.2 Å². The minimum atomic E-state index is -1.99. The molecule has 2 aromatic rings. The lowest BCUT2D eigenvalue weighted by Gasteiger charge is -2.30. The number of benzene rings is 2. The van der Waals surface area contributed by atoms with Gasteiger partial charge in [0.15, 0.2) is 5.66 Å². The van der Waals surface area contributed by atoms with Crippen LogP contribution in [0, 0.1) is 27.7 Å². The zero-order valence-corrected chi connectivity index (χ0v) is 23.7. The highest BCUT2D eigenvalue weighted by molar-refractivity contribution is 7.78. The maximum Gasteiger partial charge on any atom is 0.269 e. The van der Waals surface area contributed by atoms with Crippen molar-refractivity contribution in [2.75, 3.05) is 29.1 Å². The van der Waals surface area contributed by atoms with Crippen molar-refractivity contribution < 1.29 is 9.59 Å². The number of anilines is 2. The highest BCUT2D eigenvalue weighted by atomic mass is 35.5. The van der Waals surface area contributed by atoms with E-state index in [1.165, 1.54) is 0 Å². The molecule has 0 aliphatic carbocycles. The fourth-order valence-corrected chi connectivity index (χ4v) is 8.17. The number of halogens is 1. The number of amides is 2. The summed E-state index contributed by atoms with van der Waals surface area (Å²) in [5.41, 5.74) is 5.11. The molecule has 2 aromatic carbocycles. The van der Waals surface area contributed by atoms with Gasteiger partial charge in [-0.2, -0.15) is 0 Å². The summed E-state index contributed by atoms with van der Waals surface area (Å²) >= 11 is 6.14. The third-order valence-electron chi connectivity index (χ3n) is 6.29. The Labute approximate surface area is 211 Å². The van der Waals surface area contributed by atoms with Crippen molar-refractivity contribution in [1.29, 1.82) is 0 Å². The van der Waals surface area contributed by atoms with Gasteiger partial charge in [-0.15, -0.1) is 0 Å². The SMILES string of the molecule is C=CC(C(=O)Nc1c(C)cc(Cl)cc1C)[P+](CC)(CC)CC(=O)Nc1c(C)cccc1C.CC. The van der Waals surface area contributed by atoms with Gasteiger partial charge in [0.25, 0.3) is 11.8 Å². The molecule has 0 spiro atoms. The summed E-state index contributed by atoms with van der Waals surface area (Å²) in [6.07, 6.45) is 3.64. The van der Waals surface area contributed by atoms with Crippen molar-refractivity contribution in [2.45, 2.75) is 61.0 Å². The molecular formula is C28H41ClN2O2P+. The second-order valence-corrected chi connectivity index (χ2v) is 13.4. The van der Waals surface area contributed by atoms with Crippen LogP contribution in [0.15, 0.2) is 43.0 Å². The molecule has 0 aliphatic heterocycles. The van der Waals surface area contributed by atoms with E-state index in [0.717, 1.165) is 46.0 Å². The van der Waals surface area contributed by atoms with E-state index < -0.39 is 12.9 Å². The predicted octanol–water partition coefficient (Wildman–Crippen LogP) is 7.79. The molecule has 1 unspecified atom stereocenters. The summed E-state index contributed by atoms with van der Waals surface area (Å²) in [6, 6.07) is 9.64. The Morgan fingerprint density at radius 2 is 1.41 bits per heavy atom. The third-order valence-corrected chi connectivity index (χ3v) is 11.6. The van der Waals surface area contributed by atoms with Crippen LogP contribution in [0.2, 0.25) is 5.02 Å². The molecule has 0 aromatic heterocycles. The lowest BCUT2D eigenvalue weighted by molar-refractivity contribution is -0.115. The first-order chi connectivity index (χ1) is 16.1. The van der Waals surface area contributed by atoms with E-state index in [4.69, 9.17) is 11.6 Å². The summed E-state index contributed by atoms with van der Waals surface area (Å²) in [4.78, 5) is 26.6. The van der Waals surface area contributed by atoms with E-state index in [1.54, 1.807) is 6.08 Å². The number of carbonyl (C=O) groups is 2. The molecule has 34 heavy (non-hydrogen) atoms. The standard InChI is InChI=1S/C26H34ClN2O2P.C2H6/c1-8-22(26(31)29-25-19(6)14-21(27)15-20(25)7)32(9-2,10-3)16-23(30)28-24-17(4)12-11-13-18(24)5;1-2/h8,11-15,22H,1,9-10,16H2,2-7H3,(H-,28,29,30,31);1-2H3/p+1. The lowest BCUT2D eigenvalue weighted by Crippen LogP contribution is -2.35. The molecule has 0 aliphatic rings. The molecule has 0 saturated heterocycles. The van der Waals surface area contributed by atoms with Crippen molar-refractivity contribution in [2.24, 2.45) is 0 Å². The fraction of sp³-hybridized carbons (Fsp3) is 0.429. The zero-order chi connectivity index (χ0) is 26.1. The second kappa shape index (κ2) is 13.7.